The highest BCUT2D eigenvalue weighted by Gasteiger charge is 2.21. The minimum atomic E-state index is -3.91. The van der Waals surface area contributed by atoms with Crippen molar-refractivity contribution < 1.29 is 12.8 Å². The summed E-state index contributed by atoms with van der Waals surface area (Å²) in [7, 11) is -2.32. The van der Waals surface area contributed by atoms with Crippen LogP contribution in [0, 0.1) is 12.7 Å². The molecule has 102 valence electrons. The Kier molecular flexibility index (Phi) is 3.19. The largest absolute Gasteiger partial charge is 0.399 e. The summed E-state index contributed by atoms with van der Waals surface area (Å²) in [4.78, 5) is -0.189. The van der Waals surface area contributed by atoms with Crippen molar-refractivity contribution in [1.29, 1.82) is 0 Å². The number of nitrogens with two attached hydrogens (primary N) is 1. The highest BCUT2D eigenvalue weighted by molar-refractivity contribution is 7.92. The molecule has 2 aromatic rings. The maximum atomic E-state index is 13.5. The summed E-state index contributed by atoms with van der Waals surface area (Å²) in [5.41, 5.74) is 5.55. The van der Waals surface area contributed by atoms with Gasteiger partial charge in [-0.15, -0.1) is 0 Å². The predicted octanol–water partition coefficient (Wildman–Crippen LogP) is 1.25. The van der Waals surface area contributed by atoms with E-state index < -0.39 is 15.8 Å². The zero-order chi connectivity index (χ0) is 14.2. The number of halogens is 1. The molecule has 0 radical (unpaired) electrons. The summed E-state index contributed by atoms with van der Waals surface area (Å²) < 4.78 is 41.6. The van der Waals surface area contributed by atoms with Crippen molar-refractivity contribution >= 4 is 21.5 Å². The van der Waals surface area contributed by atoms with Gasteiger partial charge in [0.15, 0.2) is 0 Å². The second-order valence-electron chi connectivity index (χ2n) is 4.07. The molecule has 1 aromatic heterocycles. The molecule has 8 heteroatoms. The molecule has 2 rings (SSSR count). The third-order valence-corrected chi connectivity index (χ3v) is 4.15. The van der Waals surface area contributed by atoms with E-state index in [1.165, 1.54) is 29.9 Å². The number of nitrogen functional groups attached to an aromatic ring is 1. The van der Waals surface area contributed by atoms with E-state index in [1.54, 1.807) is 7.05 Å². The molecule has 0 unspecified atom stereocenters. The third kappa shape index (κ3) is 2.53. The third-order valence-electron chi connectivity index (χ3n) is 2.67. The number of aromatic nitrogens is 2. The number of nitrogens with zero attached hydrogens (tertiary/aromatic N) is 2. The zero-order valence-corrected chi connectivity index (χ0v) is 11.2. The summed E-state index contributed by atoms with van der Waals surface area (Å²) >= 11 is 0. The molecule has 0 aliphatic heterocycles. The van der Waals surface area contributed by atoms with Crippen molar-refractivity contribution in [2.24, 2.45) is 7.05 Å². The van der Waals surface area contributed by atoms with E-state index in [1.807, 2.05) is 0 Å². The lowest BCUT2D eigenvalue weighted by Gasteiger charge is -2.11. The van der Waals surface area contributed by atoms with Gasteiger partial charge in [0, 0.05) is 24.4 Å². The normalized spacial score (nSPS) is 11.5. The van der Waals surface area contributed by atoms with Crippen molar-refractivity contribution in [3.63, 3.8) is 0 Å². The van der Waals surface area contributed by atoms with E-state index in [0.29, 0.717) is 0 Å². The highest BCUT2D eigenvalue weighted by Crippen LogP contribution is 2.23. The Labute approximate surface area is 110 Å². The van der Waals surface area contributed by atoms with Crippen molar-refractivity contribution in [2.75, 3.05) is 10.5 Å². The molecular weight excluding hydrogens is 271 g/mol. The molecule has 0 amide bonds. The van der Waals surface area contributed by atoms with Gasteiger partial charge in [-0.2, -0.15) is 5.10 Å². The lowest BCUT2D eigenvalue weighted by atomic mass is 10.2. The molecule has 3 N–H and O–H groups in total. The molecular formula is C11H13FN4O2S. The van der Waals surface area contributed by atoms with Crippen LogP contribution in [0.5, 0.6) is 0 Å². The number of sulfonamides is 1. The van der Waals surface area contributed by atoms with Crippen LogP contribution in [0.2, 0.25) is 0 Å². The average molecular weight is 284 g/mol. The first-order valence-corrected chi connectivity index (χ1v) is 6.86. The summed E-state index contributed by atoms with van der Waals surface area (Å²) in [5, 5.41) is 3.84. The molecule has 0 bridgehead atoms. The summed E-state index contributed by atoms with van der Waals surface area (Å²) in [5.74, 6) is -0.382. The molecule has 0 spiro atoms. The average Bonchev–Trinajstić information content (AvgIpc) is 2.69. The van der Waals surface area contributed by atoms with Gasteiger partial charge in [-0.3, -0.25) is 9.40 Å². The van der Waals surface area contributed by atoms with E-state index >= 15 is 0 Å². The standard InChI is InChI=1S/C11H13FN4O2S/c1-7-9(12)5-8(13)6-10(7)19(17,18)15-11-3-4-14-16(11)2/h3-6,15H,13H2,1-2H3. The molecule has 1 heterocycles. The fourth-order valence-electron chi connectivity index (χ4n) is 1.62. The van der Waals surface area contributed by atoms with E-state index in [0.717, 1.165) is 6.07 Å². The van der Waals surface area contributed by atoms with Crippen LogP contribution in [0.3, 0.4) is 0 Å². The van der Waals surface area contributed by atoms with Crippen LogP contribution >= 0.6 is 0 Å². The van der Waals surface area contributed by atoms with E-state index in [4.69, 9.17) is 5.73 Å². The predicted molar refractivity (Wildman–Crippen MR) is 69.6 cm³/mol. The quantitative estimate of drug-likeness (QED) is 0.830. The van der Waals surface area contributed by atoms with Crippen LogP contribution in [-0.2, 0) is 17.1 Å². The second-order valence-corrected chi connectivity index (χ2v) is 5.72. The Balaban J connectivity index is 2.49. The van der Waals surface area contributed by atoms with Crippen molar-refractivity contribution in [1.82, 2.24) is 9.78 Å². The van der Waals surface area contributed by atoms with Crippen LogP contribution in [0.15, 0.2) is 29.3 Å². The fourth-order valence-corrected chi connectivity index (χ4v) is 3.00. The van der Waals surface area contributed by atoms with E-state index in [2.05, 4.69) is 9.82 Å². The smallest absolute Gasteiger partial charge is 0.263 e. The van der Waals surface area contributed by atoms with Crippen molar-refractivity contribution in [2.45, 2.75) is 11.8 Å². The Morgan fingerprint density at radius 1 is 1.42 bits per heavy atom. The summed E-state index contributed by atoms with van der Waals surface area (Å²) in [6.45, 7) is 1.38. The van der Waals surface area contributed by atoms with Gasteiger partial charge in [-0.25, -0.2) is 12.8 Å². The summed E-state index contributed by atoms with van der Waals surface area (Å²) in [6, 6.07) is 3.80. The highest BCUT2D eigenvalue weighted by atomic mass is 32.2. The molecule has 0 aliphatic carbocycles. The van der Waals surface area contributed by atoms with Gasteiger partial charge in [0.1, 0.15) is 11.6 Å². The fraction of sp³-hybridized carbons (Fsp3) is 0.182. The van der Waals surface area contributed by atoms with Gasteiger partial charge in [0.25, 0.3) is 10.0 Å². The monoisotopic (exact) mass is 284 g/mol. The maximum Gasteiger partial charge on any atom is 0.263 e. The lowest BCUT2D eigenvalue weighted by molar-refractivity contribution is 0.590. The van der Waals surface area contributed by atoms with Crippen LogP contribution in [-0.4, -0.2) is 18.2 Å². The molecule has 1 aromatic carbocycles. The molecule has 19 heavy (non-hydrogen) atoms. The van der Waals surface area contributed by atoms with Crippen LogP contribution < -0.4 is 10.5 Å². The van der Waals surface area contributed by atoms with Gasteiger partial charge in [-0.05, 0) is 19.1 Å². The molecule has 0 aliphatic rings. The van der Waals surface area contributed by atoms with E-state index in [-0.39, 0.29) is 22.0 Å². The number of benzene rings is 1. The minimum absolute atomic E-state index is 0.0175. The lowest BCUT2D eigenvalue weighted by Crippen LogP contribution is -2.17. The number of nitrogens with one attached hydrogen (secondary N) is 1. The number of anilines is 2. The Morgan fingerprint density at radius 3 is 2.68 bits per heavy atom. The molecule has 0 saturated heterocycles. The number of hydrogen-bond donors (Lipinski definition) is 2. The Hall–Kier alpha value is -2.09. The van der Waals surface area contributed by atoms with Gasteiger partial charge < -0.3 is 5.73 Å². The zero-order valence-electron chi connectivity index (χ0n) is 10.4. The van der Waals surface area contributed by atoms with Crippen LogP contribution in [0.4, 0.5) is 15.9 Å². The summed E-state index contributed by atoms with van der Waals surface area (Å²) in [6.07, 6.45) is 1.45. The van der Waals surface area contributed by atoms with Crippen molar-refractivity contribution in [3.8, 4) is 0 Å². The van der Waals surface area contributed by atoms with Crippen LogP contribution in [0.25, 0.3) is 0 Å². The van der Waals surface area contributed by atoms with Gasteiger partial charge >= 0.3 is 0 Å². The number of rotatable bonds is 3. The molecule has 0 atom stereocenters. The first-order chi connectivity index (χ1) is 8.81. The SMILES string of the molecule is Cc1c(F)cc(N)cc1S(=O)(=O)Nc1ccnn1C. The van der Waals surface area contributed by atoms with Crippen molar-refractivity contribution in [3.05, 3.63) is 35.8 Å². The number of aryl methyl sites for hydroxylation is 1. The number of hydrogen-bond acceptors (Lipinski definition) is 4. The first kappa shape index (κ1) is 13.3. The first-order valence-electron chi connectivity index (χ1n) is 5.37. The molecule has 0 fully saturated rings. The molecule has 6 nitrogen and oxygen atoms in total. The topological polar surface area (TPSA) is 90.0 Å². The molecule has 0 saturated carbocycles. The minimum Gasteiger partial charge on any atom is -0.399 e. The van der Waals surface area contributed by atoms with Crippen LogP contribution in [0.1, 0.15) is 5.56 Å². The maximum absolute atomic E-state index is 13.5. The Bertz CT molecular complexity index is 724. The second kappa shape index (κ2) is 4.54. The Morgan fingerprint density at radius 2 is 2.11 bits per heavy atom. The van der Waals surface area contributed by atoms with Gasteiger partial charge in [-0.1, -0.05) is 0 Å². The van der Waals surface area contributed by atoms with Gasteiger partial charge in [0.2, 0.25) is 0 Å². The van der Waals surface area contributed by atoms with Gasteiger partial charge in [0.05, 0.1) is 11.1 Å². The van der Waals surface area contributed by atoms with E-state index in [9.17, 15) is 12.8 Å².